The number of aliphatic hydroxyl groups is 1. The molecule has 3 rings (SSSR count). The summed E-state index contributed by atoms with van der Waals surface area (Å²) in [5.41, 5.74) is 2.10. The molecule has 3 atom stereocenters. The summed E-state index contributed by atoms with van der Waals surface area (Å²) in [7, 11) is 0. The van der Waals surface area contributed by atoms with E-state index < -0.39 is 6.10 Å². The minimum atomic E-state index is -0.456. The van der Waals surface area contributed by atoms with Gasteiger partial charge in [0.25, 0.3) is 0 Å². The molecule has 1 fully saturated rings. The second-order valence-electron chi connectivity index (χ2n) is 5.37. The Morgan fingerprint density at radius 3 is 2.90 bits per heavy atom. The summed E-state index contributed by atoms with van der Waals surface area (Å²) in [4.78, 5) is 4.62. The van der Waals surface area contributed by atoms with Crippen LogP contribution in [0.5, 0.6) is 0 Å². The van der Waals surface area contributed by atoms with Crippen molar-refractivity contribution in [3.63, 3.8) is 0 Å². The van der Waals surface area contributed by atoms with Gasteiger partial charge in [0.15, 0.2) is 0 Å². The molecular formula is C16H19NO2S. The lowest BCUT2D eigenvalue weighted by Crippen LogP contribution is -2.31. The van der Waals surface area contributed by atoms with Gasteiger partial charge in [-0.15, -0.1) is 11.3 Å². The highest BCUT2D eigenvalue weighted by atomic mass is 32.1. The normalized spacial score (nSPS) is 23.9. The zero-order valence-corrected chi connectivity index (χ0v) is 12.3. The molecule has 3 unspecified atom stereocenters. The summed E-state index contributed by atoms with van der Waals surface area (Å²) in [6, 6.07) is 10.1. The third-order valence-corrected chi connectivity index (χ3v) is 4.70. The zero-order valence-electron chi connectivity index (χ0n) is 11.5. The summed E-state index contributed by atoms with van der Waals surface area (Å²) in [5.74, 6) is 0.429. The molecule has 1 aromatic heterocycles. The first-order valence-corrected chi connectivity index (χ1v) is 7.91. The molecule has 20 heavy (non-hydrogen) atoms. The molecule has 3 nitrogen and oxygen atoms in total. The average Bonchev–Trinajstić information content (AvgIpc) is 3.09. The monoisotopic (exact) mass is 289 g/mol. The number of thiazole rings is 1. The molecule has 0 spiro atoms. The van der Waals surface area contributed by atoms with Crippen LogP contribution in [-0.4, -0.2) is 28.9 Å². The molecular weight excluding hydrogens is 270 g/mol. The van der Waals surface area contributed by atoms with Crippen molar-refractivity contribution in [1.29, 1.82) is 0 Å². The fourth-order valence-corrected chi connectivity index (χ4v) is 3.50. The van der Waals surface area contributed by atoms with Crippen LogP contribution in [0.1, 0.15) is 18.4 Å². The van der Waals surface area contributed by atoms with E-state index in [2.05, 4.69) is 29.4 Å². The SMILES string of the molecule is CC1CCOC1C(O)Cc1nc(-c2ccccc2)cs1. The highest BCUT2D eigenvalue weighted by molar-refractivity contribution is 7.09. The third-order valence-electron chi connectivity index (χ3n) is 3.83. The summed E-state index contributed by atoms with van der Waals surface area (Å²) in [5, 5.41) is 13.3. The van der Waals surface area contributed by atoms with Crippen molar-refractivity contribution >= 4 is 11.3 Å². The molecule has 1 aromatic carbocycles. The van der Waals surface area contributed by atoms with Gasteiger partial charge in [-0.3, -0.25) is 0 Å². The van der Waals surface area contributed by atoms with E-state index in [-0.39, 0.29) is 6.10 Å². The Labute approximate surface area is 123 Å². The number of aromatic nitrogens is 1. The zero-order chi connectivity index (χ0) is 13.9. The van der Waals surface area contributed by atoms with Crippen LogP contribution < -0.4 is 0 Å². The van der Waals surface area contributed by atoms with Gasteiger partial charge in [0.05, 0.1) is 22.9 Å². The first-order chi connectivity index (χ1) is 9.74. The summed E-state index contributed by atoms with van der Waals surface area (Å²) in [6.07, 6.45) is 1.11. The first kappa shape index (κ1) is 13.7. The molecule has 106 valence electrons. The van der Waals surface area contributed by atoms with Crippen LogP contribution in [0.3, 0.4) is 0 Å². The molecule has 2 aromatic rings. The molecule has 0 radical (unpaired) electrons. The molecule has 0 saturated carbocycles. The van der Waals surface area contributed by atoms with E-state index in [1.54, 1.807) is 11.3 Å². The van der Waals surface area contributed by atoms with Gasteiger partial charge in [-0.25, -0.2) is 4.98 Å². The van der Waals surface area contributed by atoms with Gasteiger partial charge in [0, 0.05) is 24.0 Å². The van der Waals surface area contributed by atoms with Crippen LogP contribution in [0.4, 0.5) is 0 Å². The number of benzene rings is 1. The molecule has 1 N–H and O–H groups in total. The highest BCUT2D eigenvalue weighted by Gasteiger charge is 2.31. The summed E-state index contributed by atoms with van der Waals surface area (Å²) >= 11 is 1.61. The molecule has 2 heterocycles. The Kier molecular flexibility index (Phi) is 4.15. The van der Waals surface area contributed by atoms with E-state index in [4.69, 9.17) is 4.74 Å². The van der Waals surface area contributed by atoms with E-state index >= 15 is 0 Å². The van der Waals surface area contributed by atoms with Crippen LogP contribution >= 0.6 is 11.3 Å². The fraction of sp³-hybridized carbons (Fsp3) is 0.438. The second-order valence-corrected chi connectivity index (χ2v) is 6.31. The van der Waals surface area contributed by atoms with E-state index in [0.29, 0.717) is 12.3 Å². The topological polar surface area (TPSA) is 42.4 Å². The number of aliphatic hydroxyl groups excluding tert-OH is 1. The summed E-state index contributed by atoms with van der Waals surface area (Å²) in [6.45, 7) is 2.90. The minimum Gasteiger partial charge on any atom is -0.390 e. The van der Waals surface area contributed by atoms with Crippen molar-refractivity contribution in [3.8, 4) is 11.3 Å². The molecule has 1 aliphatic heterocycles. The molecule has 0 aliphatic carbocycles. The lowest BCUT2D eigenvalue weighted by atomic mass is 9.98. The quantitative estimate of drug-likeness (QED) is 0.940. The lowest BCUT2D eigenvalue weighted by Gasteiger charge is -2.20. The summed E-state index contributed by atoms with van der Waals surface area (Å²) < 4.78 is 5.62. The third kappa shape index (κ3) is 2.92. The fourth-order valence-electron chi connectivity index (χ4n) is 2.65. The van der Waals surface area contributed by atoms with Crippen LogP contribution in [0, 0.1) is 5.92 Å². The van der Waals surface area contributed by atoms with Crippen LogP contribution in [0.25, 0.3) is 11.3 Å². The van der Waals surface area contributed by atoms with E-state index in [9.17, 15) is 5.11 Å². The van der Waals surface area contributed by atoms with Crippen molar-refractivity contribution in [1.82, 2.24) is 4.98 Å². The number of rotatable bonds is 4. The Balaban J connectivity index is 1.68. The van der Waals surface area contributed by atoms with Gasteiger partial charge in [-0.05, 0) is 12.3 Å². The predicted octanol–water partition coefficient (Wildman–Crippen LogP) is 3.14. The van der Waals surface area contributed by atoms with Gasteiger partial charge >= 0.3 is 0 Å². The van der Waals surface area contributed by atoms with Crippen LogP contribution in [0.15, 0.2) is 35.7 Å². The number of hydrogen-bond donors (Lipinski definition) is 1. The number of ether oxygens (including phenoxy) is 1. The maximum Gasteiger partial charge on any atom is 0.0959 e. The Morgan fingerprint density at radius 1 is 1.40 bits per heavy atom. The van der Waals surface area contributed by atoms with Gasteiger partial charge in [-0.1, -0.05) is 37.3 Å². The maximum absolute atomic E-state index is 10.3. The average molecular weight is 289 g/mol. The molecule has 1 aliphatic rings. The minimum absolute atomic E-state index is 0.0425. The number of hydrogen-bond acceptors (Lipinski definition) is 4. The van der Waals surface area contributed by atoms with Gasteiger partial charge in [0.2, 0.25) is 0 Å². The predicted molar refractivity (Wildman–Crippen MR) is 80.8 cm³/mol. The number of nitrogens with zero attached hydrogens (tertiary/aromatic N) is 1. The Bertz CT molecular complexity index is 555. The van der Waals surface area contributed by atoms with Crippen molar-refractivity contribution in [2.75, 3.05) is 6.61 Å². The molecule has 0 bridgehead atoms. The van der Waals surface area contributed by atoms with Crippen molar-refractivity contribution < 1.29 is 9.84 Å². The first-order valence-electron chi connectivity index (χ1n) is 7.03. The Morgan fingerprint density at radius 2 is 2.20 bits per heavy atom. The standard InChI is InChI=1S/C16H19NO2S/c1-11-7-8-19-16(11)14(18)9-15-17-13(10-20-15)12-5-3-2-4-6-12/h2-6,10-11,14,16,18H,7-9H2,1H3. The van der Waals surface area contributed by atoms with Crippen molar-refractivity contribution in [3.05, 3.63) is 40.7 Å². The van der Waals surface area contributed by atoms with Gasteiger partial charge in [-0.2, -0.15) is 0 Å². The molecule has 4 heteroatoms. The highest BCUT2D eigenvalue weighted by Crippen LogP contribution is 2.27. The molecule has 1 saturated heterocycles. The molecule has 0 amide bonds. The maximum atomic E-state index is 10.3. The van der Waals surface area contributed by atoms with Crippen molar-refractivity contribution in [2.24, 2.45) is 5.92 Å². The Hall–Kier alpha value is -1.23. The van der Waals surface area contributed by atoms with E-state index in [0.717, 1.165) is 29.3 Å². The van der Waals surface area contributed by atoms with E-state index in [1.165, 1.54) is 0 Å². The van der Waals surface area contributed by atoms with Gasteiger partial charge < -0.3 is 9.84 Å². The smallest absolute Gasteiger partial charge is 0.0959 e. The van der Waals surface area contributed by atoms with Crippen LogP contribution in [0.2, 0.25) is 0 Å². The lowest BCUT2D eigenvalue weighted by molar-refractivity contribution is -0.0157. The second kappa shape index (κ2) is 6.04. The van der Waals surface area contributed by atoms with E-state index in [1.807, 2.05) is 18.2 Å². The van der Waals surface area contributed by atoms with Crippen LogP contribution in [-0.2, 0) is 11.2 Å². The van der Waals surface area contributed by atoms with Crippen molar-refractivity contribution in [2.45, 2.75) is 32.0 Å². The van der Waals surface area contributed by atoms with Gasteiger partial charge in [0.1, 0.15) is 0 Å². The largest absolute Gasteiger partial charge is 0.390 e.